The number of hydrogen-bond acceptors (Lipinski definition) is 2. The topological polar surface area (TPSA) is 29.1 Å². The van der Waals surface area contributed by atoms with Gasteiger partial charge in [-0.2, -0.15) is 0 Å². The Kier molecular flexibility index (Phi) is 6.99. The number of carbonyl (C=O) groups is 1. The van der Waals surface area contributed by atoms with Crippen molar-refractivity contribution >= 4 is 23.1 Å². The van der Waals surface area contributed by atoms with Gasteiger partial charge in [0.2, 0.25) is 0 Å². The number of anilines is 1. The van der Waals surface area contributed by atoms with Gasteiger partial charge in [0.05, 0.1) is 6.04 Å². The smallest absolute Gasteiger partial charge is 0.165 e. The number of Topliss-reactive ketones (excluding diaryl/α,β-unsaturated/α-hetero) is 1. The van der Waals surface area contributed by atoms with Crippen LogP contribution in [-0.4, -0.2) is 5.78 Å². The molecule has 3 aromatic carbocycles. The lowest BCUT2D eigenvalue weighted by Crippen LogP contribution is -2.16. The van der Waals surface area contributed by atoms with Crippen molar-refractivity contribution in [2.45, 2.75) is 52.0 Å². The summed E-state index contributed by atoms with van der Waals surface area (Å²) in [5.41, 5.74) is 5.37. The van der Waals surface area contributed by atoms with Crippen LogP contribution in [0.25, 0.3) is 0 Å². The zero-order valence-corrected chi connectivity index (χ0v) is 19.0. The van der Waals surface area contributed by atoms with Crippen molar-refractivity contribution in [1.29, 1.82) is 0 Å². The second-order valence-electron chi connectivity index (χ2n) is 8.75. The van der Waals surface area contributed by atoms with E-state index in [2.05, 4.69) is 69.4 Å². The third kappa shape index (κ3) is 5.73. The van der Waals surface area contributed by atoms with Crippen LogP contribution in [0.3, 0.4) is 0 Å². The van der Waals surface area contributed by atoms with E-state index in [1.54, 1.807) is 0 Å². The van der Waals surface area contributed by atoms with Crippen molar-refractivity contribution in [2.24, 2.45) is 0 Å². The first-order valence-corrected chi connectivity index (χ1v) is 10.9. The van der Waals surface area contributed by atoms with Crippen molar-refractivity contribution < 1.29 is 4.79 Å². The Morgan fingerprint density at radius 3 is 2.03 bits per heavy atom. The third-order valence-corrected chi connectivity index (χ3v) is 5.69. The Morgan fingerprint density at radius 1 is 0.900 bits per heavy atom. The fourth-order valence-corrected chi connectivity index (χ4v) is 3.57. The number of carbonyl (C=O) groups excluding carboxylic acids is 1. The predicted molar refractivity (Wildman–Crippen MR) is 128 cm³/mol. The molecule has 1 unspecified atom stereocenters. The van der Waals surface area contributed by atoms with E-state index < -0.39 is 0 Å². The molecule has 0 saturated heterocycles. The van der Waals surface area contributed by atoms with Gasteiger partial charge in [0.15, 0.2) is 5.78 Å². The first kappa shape index (κ1) is 22.1. The quantitative estimate of drug-likeness (QED) is 0.399. The zero-order valence-electron chi connectivity index (χ0n) is 18.2. The van der Waals surface area contributed by atoms with E-state index in [9.17, 15) is 4.79 Å². The van der Waals surface area contributed by atoms with E-state index in [-0.39, 0.29) is 17.2 Å². The molecule has 0 aliphatic heterocycles. The van der Waals surface area contributed by atoms with Crippen LogP contribution in [0.2, 0.25) is 5.02 Å². The van der Waals surface area contributed by atoms with Crippen LogP contribution < -0.4 is 5.32 Å². The lowest BCUT2D eigenvalue weighted by Gasteiger charge is -2.21. The van der Waals surface area contributed by atoms with Crippen LogP contribution >= 0.6 is 11.6 Å². The van der Waals surface area contributed by atoms with Gasteiger partial charge in [-0.05, 0) is 52.8 Å². The average Bonchev–Trinajstić information content (AvgIpc) is 2.74. The lowest BCUT2D eigenvalue weighted by atomic mass is 9.86. The van der Waals surface area contributed by atoms with Gasteiger partial charge < -0.3 is 5.32 Å². The molecule has 0 saturated carbocycles. The minimum Gasteiger partial charge on any atom is -0.378 e. The van der Waals surface area contributed by atoms with Gasteiger partial charge in [0.1, 0.15) is 0 Å². The summed E-state index contributed by atoms with van der Waals surface area (Å²) in [7, 11) is 0. The molecule has 30 heavy (non-hydrogen) atoms. The summed E-state index contributed by atoms with van der Waals surface area (Å²) in [4.78, 5) is 13.1. The van der Waals surface area contributed by atoms with E-state index in [0.29, 0.717) is 11.4 Å². The average molecular weight is 420 g/mol. The molecule has 0 radical (unpaired) electrons. The molecule has 3 rings (SSSR count). The van der Waals surface area contributed by atoms with Crippen LogP contribution in [0.15, 0.2) is 72.8 Å². The van der Waals surface area contributed by atoms with Crippen LogP contribution in [0.4, 0.5) is 5.69 Å². The second-order valence-corrected chi connectivity index (χ2v) is 9.19. The molecule has 0 amide bonds. The Hall–Kier alpha value is -2.58. The SMILES string of the molecule is CCc1ccc(NC(CC(=O)c2ccc(C(C)(C)C)cc2)c2ccc(Cl)cc2)cc1. The highest BCUT2D eigenvalue weighted by Crippen LogP contribution is 2.27. The number of benzene rings is 3. The molecule has 0 aliphatic rings. The minimum absolute atomic E-state index is 0.0691. The summed E-state index contributed by atoms with van der Waals surface area (Å²) in [6.45, 7) is 8.67. The van der Waals surface area contributed by atoms with E-state index in [1.807, 2.05) is 36.4 Å². The molecule has 3 heteroatoms. The number of nitrogens with one attached hydrogen (secondary N) is 1. The standard InChI is InChI=1S/C27H30ClNO/c1-5-19-6-16-24(17-7-19)29-25(20-10-14-23(28)15-11-20)18-26(30)21-8-12-22(13-9-21)27(2,3)4/h6-17,25,29H,5,18H2,1-4H3. The molecule has 0 aliphatic carbocycles. The zero-order chi connectivity index (χ0) is 21.7. The van der Waals surface area contributed by atoms with Crippen molar-refractivity contribution in [1.82, 2.24) is 0 Å². The minimum atomic E-state index is -0.135. The summed E-state index contributed by atoms with van der Waals surface area (Å²) in [6, 6.07) is 24.0. The highest BCUT2D eigenvalue weighted by Gasteiger charge is 2.19. The molecule has 0 spiro atoms. The fourth-order valence-electron chi connectivity index (χ4n) is 3.44. The molecule has 0 heterocycles. The highest BCUT2D eigenvalue weighted by molar-refractivity contribution is 6.30. The summed E-state index contributed by atoms with van der Waals surface area (Å²) in [6.07, 6.45) is 1.37. The third-order valence-electron chi connectivity index (χ3n) is 5.44. The van der Waals surface area contributed by atoms with Gasteiger partial charge >= 0.3 is 0 Å². The van der Waals surface area contributed by atoms with E-state index in [1.165, 1.54) is 11.1 Å². The van der Waals surface area contributed by atoms with Crippen LogP contribution in [0, 0.1) is 0 Å². The second kappa shape index (κ2) is 9.49. The number of ketones is 1. The summed E-state index contributed by atoms with van der Waals surface area (Å²) >= 11 is 6.08. The Morgan fingerprint density at radius 2 is 1.50 bits per heavy atom. The van der Waals surface area contributed by atoms with Gasteiger partial charge in [0.25, 0.3) is 0 Å². The van der Waals surface area contributed by atoms with Crippen molar-refractivity contribution in [2.75, 3.05) is 5.32 Å². The first-order chi connectivity index (χ1) is 14.3. The maximum absolute atomic E-state index is 13.1. The molecule has 0 bridgehead atoms. The van der Waals surface area contributed by atoms with Crippen molar-refractivity contribution in [3.05, 3.63) is 100 Å². The normalized spacial score (nSPS) is 12.4. The fraction of sp³-hybridized carbons (Fsp3) is 0.296. The van der Waals surface area contributed by atoms with Gasteiger partial charge in [-0.1, -0.05) is 87.8 Å². The van der Waals surface area contributed by atoms with Gasteiger partial charge in [0, 0.05) is 22.7 Å². The van der Waals surface area contributed by atoms with Crippen molar-refractivity contribution in [3.63, 3.8) is 0 Å². The molecular weight excluding hydrogens is 390 g/mol. The van der Waals surface area contributed by atoms with E-state index in [0.717, 1.165) is 23.2 Å². The molecule has 0 aromatic heterocycles. The van der Waals surface area contributed by atoms with Crippen LogP contribution in [0.1, 0.15) is 67.2 Å². The van der Waals surface area contributed by atoms with Crippen LogP contribution in [-0.2, 0) is 11.8 Å². The Balaban J connectivity index is 1.82. The molecule has 1 atom stereocenters. The molecule has 156 valence electrons. The number of hydrogen-bond donors (Lipinski definition) is 1. The summed E-state index contributed by atoms with van der Waals surface area (Å²) in [5, 5.41) is 4.23. The molecule has 0 fully saturated rings. The molecular formula is C27H30ClNO. The van der Waals surface area contributed by atoms with E-state index >= 15 is 0 Å². The van der Waals surface area contributed by atoms with Crippen LogP contribution in [0.5, 0.6) is 0 Å². The summed E-state index contributed by atoms with van der Waals surface area (Å²) < 4.78 is 0. The van der Waals surface area contributed by atoms with Gasteiger partial charge in [-0.15, -0.1) is 0 Å². The lowest BCUT2D eigenvalue weighted by molar-refractivity contribution is 0.0976. The summed E-state index contributed by atoms with van der Waals surface area (Å²) in [5.74, 6) is 0.119. The number of aryl methyl sites for hydroxylation is 1. The molecule has 2 nitrogen and oxygen atoms in total. The molecule has 1 N–H and O–H groups in total. The first-order valence-electron chi connectivity index (χ1n) is 10.5. The Labute approximate surface area is 185 Å². The largest absolute Gasteiger partial charge is 0.378 e. The van der Waals surface area contributed by atoms with E-state index in [4.69, 9.17) is 11.6 Å². The maximum Gasteiger partial charge on any atom is 0.165 e. The Bertz CT molecular complexity index is 967. The van der Waals surface area contributed by atoms with Crippen molar-refractivity contribution in [3.8, 4) is 0 Å². The molecule has 3 aromatic rings. The van der Waals surface area contributed by atoms with Gasteiger partial charge in [-0.3, -0.25) is 4.79 Å². The van der Waals surface area contributed by atoms with Gasteiger partial charge in [-0.25, -0.2) is 0 Å². The monoisotopic (exact) mass is 419 g/mol. The predicted octanol–water partition coefficient (Wildman–Crippen LogP) is 7.63. The maximum atomic E-state index is 13.1. The number of rotatable bonds is 7. The number of halogens is 1. The highest BCUT2D eigenvalue weighted by atomic mass is 35.5.